The lowest BCUT2D eigenvalue weighted by Gasteiger charge is -2.40. The molecule has 2 aliphatic carbocycles. The van der Waals surface area contributed by atoms with Crippen molar-refractivity contribution in [1.29, 1.82) is 0 Å². The van der Waals surface area contributed by atoms with E-state index in [-0.39, 0.29) is 18.6 Å². The first kappa shape index (κ1) is 15.2. The maximum atomic E-state index is 12.0. The van der Waals surface area contributed by atoms with E-state index in [0.29, 0.717) is 29.7 Å². The third kappa shape index (κ3) is 1.91. The SMILES string of the molecule is COc1cc(O)c2c(c1)=C[C@@H]1C3=C(CCN1C(N)=O)CC1=C(OCO1)C=23. The molecule has 1 aromatic rings. The summed E-state index contributed by atoms with van der Waals surface area (Å²) in [5.41, 5.74) is 8.62. The molecule has 0 spiro atoms. The number of benzene rings is 1. The van der Waals surface area contributed by atoms with Gasteiger partial charge < -0.3 is 30.0 Å². The van der Waals surface area contributed by atoms with Crippen molar-refractivity contribution in [3.63, 3.8) is 0 Å². The summed E-state index contributed by atoms with van der Waals surface area (Å²) in [6, 6.07) is 2.68. The number of fused-ring (bicyclic) bond motifs is 2. The van der Waals surface area contributed by atoms with Gasteiger partial charge in [0, 0.05) is 29.8 Å². The number of carbonyl (C=O) groups is 1. The van der Waals surface area contributed by atoms with E-state index in [2.05, 4.69) is 0 Å². The summed E-state index contributed by atoms with van der Waals surface area (Å²) >= 11 is 0. The Bertz CT molecular complexity index is 1040. The Morgan fingerprint density at radius 1 is 1.38 bits per heavy atom. The van der Waals surface area contributed by atoms with Crippen LogP contribution in [0.1, 0.15) is 12.8 Å². The van der Waals surface area contributed by atoms with Gasteiger partial charge in [0.15, 0.2) is 5.76 Å². The second kappa shape index (κ2) is 5.20. The molecule has 2 heterocycles. The molecule has 0 aromatic heterocycles. The first-order valence-electron chi connectivity index (χ1n) is 8.49. The van der Waals surface area contributed by atoms with E-state index in [1.807, 2.05) is 12.1 Å². The second-order valence-corrected chi connectivity index (χ2v) is 6.73. The monoisotopic (exact) mass is 354 g/mol. The van der Waals surface area contributed by atoms with Gasteiger partial charge in [-0.3, -0.25) is 0 Å². The number of allylic oxidation sites excluding steroid dienone is 2. The lowest BCUT2D eigenvalue weighted by molar-refractivity contribution is 0.0742. The molecule has 26 heavy (non-hydrogen) atoms. The van der Waals surface area contributed by atoms with Gasteiger partial charge in [0.2, 0.25) is 6.79 Å². The average molecular weight is 354 g/mol. The van der Waals surface area contributed by atoms with Crippen molar-refractivity contribution < 1.29 is 24.1 Å². The number of urea groups is 1. The van der Waals surface area contributed by atoms with Crippen LogP contribution in [0.3, 0.4) is 0 Å². The molecule has 1 atom stereocenters. The van der Waals surface area contributed by atoms with Crippen LogP contribution >= 0.6 is 0 Å². The van der Waals surface area contributed by atoms with Crippen molar-refractivity contribution in [1.82, 2.24) is 4.90 Å². The van der Waals surface area contributed by atoms with Crippen molar-refractivity contribution in [2.75, 3.05) is 20.4 Å². The van der Waals surface area contributed by atoms with E-state index >= 15 is 0 Å². The Morgan fingerprint density at radius 3 is 3.00 bits per heavy atom. The fraction of sp³-hybridized carbons (Fsp3) is 0.316. The van der Waals surface area contributed by atoms with Gasteiger partial charge in [-0.05, 0) is 29.4 Å². The second-order valence-electron chi connectivity index (χ2n) is 6.73. The molecule has 1 aromatic carbocycles. The molecule has 0 fully saturated rings. The van der Waals surface area contributed by atoms with E-state index in [1.165, 1.54) is 5.57 Å². The van der Waals surface area contributed by atoms with E-state index in [1.54, 1.807) is 18.1 Å². The van der Waals surface area contributed by atoms with Gasteiger partial charge in [0.05, 0.1) is 13.2 Å². The molecule has 0 saturated heterocycles. The largest absolute Gasteiger partial charge is 0.507 e. The van der Waals surface area contributed by atoms with Crippen LogP contribution in [-0.4, -0.2) is 42.5 Å². The van der Waals surface area contributed by atoms with Gasteiger partial charge in [-0.1, -0.05) is 5.57 Å². The van der Waals surface area contributed by atoms with Gasteiger partial charge in [-0.15, -0.1) is 0 Å². The summed E-state index contributed by atoms with van der Waals surface area (Å²) in [4.78, 5) is 13.7. The normalized spacial score (nSPS) is 22.7. The standard InChI is InChI=1S/C19H18N2O5/c1-24-11-4-10-5-12-15-9(2-3-21(12)19(20)23)6-14-18(26-8-25-14)17(15)16(10)13(22)7-11/h4-5,7,12,22H,2-3,6,8H2,1H3,(H2,20,23)/t12-/m1/s1. The molecule has 0 saturated carbocycles. The summed E-state index contributed by atoms with van der Waals surface area (Å²) in [7, 11) is 1.55. The summed E-state index contributed by atoms with van der Waals surface area (Å²) in [6.07, 6.45) is 3.34. The maximum Gasteiger partial charge on any atom is 0.315 e. The molecule has 7 nitrogen and oxygen atoms in total. The molecule has 134 valence electrons. The molecular weight excluding hydrogens is 336 g/mol. The summed E-state index contributed by atoms with van der Waals surface area (Å²) in [6.45, 7) is 0.715. The van der Waals surface area contributed by atoms with Gasteiger partial charge in [-0.2, -0.15) is 0 Å². The van der Waals surface area contributed by atoms with E-state index in [0.717, 1.165) is 28.5 Å². The number of hydrogen-bond acceptors (Lipinski definition) is 5. The Balaban J connectivity index is 1.89. The van der Waals surface area contributed by atoms with Gasteiger partial charge in [-0.25, -0.2) is 4.79 Å². The van der Waals surface area contributed by atoms with Crippen LogP contribution in [0, 0.1) is 0 Å². The van der Waals surface area contributed by atoms with Crippen molar-refractivity contribution in [3.8, 4) is 11.5 Å². The van der Waals surface area contributed by atoms with E-state index in [9.17, 15) is 9.90 Å². The molecule has 3 N–H and O–H groups in total. The lowest BCUT2D eigenvalue weighted by Crippen LogP contribution is -2.51. The topological polar surface area (TPSA) is 94.2 Å². The highest BCUT2D eigenvalue weighted by molar-refractivity contribution is 5.89. The minimum absolute atomic E-state index is 0.108. The Hall–Kier alpha value is -3.09. The number of primary amides is 1. The van der Waals surface area contributed by atoms with Crippen molar-refractivity contribution in [2.45, 2.75) is 18.9 Å². The van der Waals surface area contributed by atoms with Crippen LogP contribution in [-0.2, 0) is 9.47 Å². The molecule has 2 aliphatic heterocycles. The average Bonchev–Trinajstić information content (AvgIpc) is 3.09. The van der Waals surface area contributed by atoms with Crippen LogP contribution in [0.15, 0.2) is 34.8 Å². The summed E-state index contributed by atoms with van der Waals surface area (Å²) < 4.78 is 16.7. The van der Waals surface area contributed by atoms with Crippen LogP contribution < -0.4 is 20.9 Å². The van der Waals surface area contributed by atoms with Crippen molar-refractivity contribution in [2.24, 2.45) is 5.73 Å². The number of carbonyl (C=O) groups excluding carboxylic acids is 1. The minimum Gasteiger partial charge on any atom is -0.507 e. The fourth-order valence-electron chi connectivity index (χ4n) is 4.35. The van der Waals surface area contributed by atoms with Crippen LogP contribution in [0.4, 0.5) is 4.79 Å². The molecule has 5 rings (SSSR count). The Kier molecular flexibility index (Phi) is 3.04. The number of methoxy groups -OCH3 is 1. The Labute approximate surface area is 149 Å². The maximum absolute atomic E-state index is 12.0. The van der Waals surface area contributed by atoms with E-state index in [4.69, 9.17) is 19.9 Å². The molecule has 2 amide bonds. The number of amides is 2. The van der Waals surface area contributed by atoms with Gasteiger partial charge >= 0.3 is 6.03 Å². The molecule has 4 aliphatic rings. The van der Waals surface area contributed by atoms with E-state index < -0.39 is 6.03 Å². The molecule has 0 bridgehead atoms. The highest BCUT2D eigenvalue weighted by atomic mass is 16.7. The molecule has 0 unspecified atom stereocenters. The zero-order valence-corrected chi connectivity index (χ0v) is 14.2. The number of nitrogens with two attached hydrogens (primary N) is 1. The quantitative estimate of drug-likeness (QED) is 0.762. The zero-order valence-electron chi connectivity index (χ0n) is 14.2. The minimum atomic E-state index is -0.462. The molecule has 7 heteroatoms. The van der Waals surface area contributed by atoms with Gasteiger partial charge in [0.25, 0.3) is 0 Å². The number of hydrogen-bond donors (Lipinski definition) is 2. The fourth-order valence-corrected chi connectivity index (χ4v) is 4.35. The third-order valence-electron chi connectivity index (χ3n) is 5.45. The van der Waals surface area contributed by atoms with Crippen molar-refractivity contribution in [3.05, 3.63) is 45.2 Å². The number of rotatable bonds is 1. The van der Waals surface area contributed by atoms with Crippen LogP contribution in [0.25, 0.3) is 11.6 Å². The zero-order chi connectivity index (χ0) is 18.0. The first-order valence-corrected chi connectivity index (χ1v) is 8.49. The first-order chi connectivity index (χ1) is 12.6. The predicted molar refractivity (Wildman–Crippen MR) is 92.2 cm³/mol. The number of phenolic OH excluding ortho intramolecular Hbond substituents is 1. The highest BCUT2D eigenvalue weighted by Gasteiger charge is 2.41. The lowest BCUT2D eigenvalue weighted by atomic mass is 9.77. The molecule has 0 radical (unpaired) electrons. The van der Waals surface area contributed by atoms with Crippen molar-refractivity contribution >= 4 is 17.7 Å². The smallest absolute Gasteiger partial charge is 0.315 e. The summed E-state index contributed by atoms with van der Waals surface area (Å²) in [5, 5.41) is 12.2. The number of phenols is 1. The van der Waals surface area contributed by atoms with Gasteiger partial charge in [0.1, 0.15) is 17.3 Å². The highest BCUT2D eigenvalue weighted by Crippen LogP contribution is 2.45. The van der Waals surface area contributed by atoms with Crippen LogP contribution in [0.5, 0.6) is 11.5 Å². The number of aromatic hydroxyl groups is 1. The third-order valence-corrected chi connectivity index (χ3v) is 5.45. The predicted octanol–water partition coefficient (Wildman–Crippen LogP) is 0.415. The number of ether oxygens (including phenoxy) is 3. The summed E-state index contributed by atoms with van der Waals surface area (Å²) in [5.74, 6) is 2.08. The Morgan fingerprint density at radius 2 is 2.23 bits per heavy atom. The molecular formula is C19H18N2O5. The number of nitrogens with zero attached hydrogens (tertiary/aromatic N) is 1. The van der Waals surface area contributed by atoms with Crippen LogP contribution in [0.2, 0.25) is 0 Å².